The van der Waals surface area contributed by atoms with Crippen LogP contribution in [0.5, 0.6) is 0 Å². The Morgan fingerprint density at radius 3 is 2.71 bits per heavy atom. The molecule has 0 saturated carbocycles. The van der Waals surface area contributed by atoms with Crippen LogP contribution in [0.1, 0.15) is 0 Å². The summed E-state index contributed by atoms with van der Waals surface area (Å²) >= 11 is 5.63. The Bertz CT molecular complexity index is 83.0. The van der Waals surface area contributed by atoms with E-state index in [4.69, 9.17) is 5.73 Å². The van der Waals surface area contributed by atoms with Gasteiger partial charge in [0, 0.05) is 4.70 Å². The van der Waals surface area contributed by atoms with Crippen molar-refractivity contribution in [2.75, 3.05) is 5.75 Å². The highest BCUT2D eigenvalue weighted by atomic mass is 32.2. The van der Waals surface area contributed by atoms with Crippen molar-refractivity contribution in [3.8, 4) is 0 Å². The molecule has 0 spiro atoms. The van der Waals surface area contributed by atoms with Crippen LogP contribution in [0.3, 0.4) is 0 Å². The smallest absolute Gasteiger partial charge is 0.227 e. The molecule has 2 nitrogen and oxygen atoms in total. The molecule has 0 bridgehead atoms. The summed E-state index contributed by atoms with van der Waals surface area (Å²) in [5.74, 6) is -0.0325. The molecule has 40 valence electrons. The molecule has 0 rings (SSSR count). The Morgan fingerprint density at radius 2 is 2.57 bits per heavy atom. The van der Waals surface area contributed by atoms with E-state index < -0.39 is 0 Å². The minimum Gasteiger partial charge on any atom is -0.369 e. The predicted octanol–water partition coefficient (Wildman–Crippen LogP) is 0.162. The lowest BCUT2D eigenvalue weighted by molar-refractivity contribution is -0.115. The Balaban J connectivity index is 2.97. The zero-order valence-corrected chi connectivity index (χ0v) is 5.22. The molecule has 0 aromatic rings. The summed E-state index contributed by atoms with van der Waals surface area (Å²) in [5, 5.41) is 0. The van der Waals surface area contributed by atoms with Gasteiger partial charge in [0.25, 0.3) is 0 Å². The largest absolute Gasteiger partial charge is 0.369 e. The van der Waals surface area contributed by atoms with E-state index in [1.54, 1.807) is 0 Å². The molecule has 0 aromatic heterocycles. The molecule has 0 aliphatic heterocycles. The number of carbonyl (C=O) groups is 1. The Labute approximate surface area is 51.5 Å². The first kappa shape index (κ1) is 6.91. The quantitative estimate of drug-likeness (QED) is 0.561. The zero-order chi connectivity index (χ0) is 5.70. The van der Waals surface area contributed by atoms with Crippen LogP contribution in [0.25, 0.3) is 0 Å². The van der Waals surface area contributed by atoms with Crippen LogP contribution < -0.4 is 5.73 Å². The summed E-state index contributed by atoms with van der Waals surface area (Å²) in [6.07, 6.45) is 0. The summed E-state index contributed by atoms with van der Waals surface area (Å²) in [6.45, 7) is 0. The van der Waals surface area contributed by atoms with Gasteiger partial charge in [-0.3, -0.25) is 4.79 Å². The Hall–Kier alpha value is -0.0900. The summed E-state index contributed by atoms with van der Waals surface area (Å²) in [4.78, 5) is 9.89. The van der Waals surface area contributed by atoms with Crippen LogP contribution in [0, 0.1) is 0 Å². The normalized spacial score (nSPS) is 8.00. The minimum atomic E-state index is -0.328. The van der Waals surface area contributed by atoms with E-state index in [2.05, 4.69) is 12.2 Å². The van der Waals surface area contributed by atoms with Crippen LogP contribution in [-0.2, 0) is 4.79 Å². The maximum Gasteiger partial charge on any atom is 0.227 e. The maximum atomic E-state index is 9.89. The standard InChI is InChI=1S/C3H5NOS2/c4-3(5)1-7-2-6/h2H,1H2,(H2,4,5). The molecule has 1 amide bonds. The Kier molecular flexibility index (Phi) is 4.03. The fourth-order valence-corrected chi connectivity index (χ4v) is 0.553. The summed E-state index contributed by atoms with van der Waals surface area (Å²) in [7, 11) is 0. The lowest BCUT2D eigenvalue weighted by Gasteiger charge is -1.82. The first-order chi connectivity index (χ1) is 3.27. The fourth-order valence-electron chi connectivity index (χ4n) is 0.116. The fraction of sp³-hybridized carbons (Fsp3) is 0.333. The number of hydrogen-bond acceptors (Lipinski definition) is 3. The molecule has 0 radical (unpaired) electrons. The number of thioether (sulfide) groups is 1. The molecule has 2 N–H and O–H groups in total. The number of carbonyl (C=O) groups excluding carboxylic acids is 1. The summed E-state index contributed by atoms with van der Waals surface area (Å²) in [6, 6.07) is 0. The van der Waals surface area contributed by atoms with Crippen LogP contribution in [-0.4, -0.2) is 16.4 Å². The SMILES string of the molecule is NC(=O)CSC=S. The van der Waals surface area contributed by atoms with Gasteiger partial charge in [0.1, 0.15) is 0 Å². The van der Waals surface area contributed by atoms with Crippen LogP contribution in [0.15, 0.2) is 0 Å². The highest BCUT2D eigenvalue weighted by molar-refractivity contribution is 8.21. The van der Waals surface area contributed by atoms with Crippen molar-refractivity contribution in [2.24, 2.45) is 5.73 Å². The van der Waals surface area contributed by atoms with Crippen molar-refractivity contribution in [3.63, 3.8) is 0 Å². The molecule has 0 aromatic carbocycles. The molecular formula is C3H5NOS2. The maximum absolute atomic E-state index is 9.89. The van der Waals surface area contributed by atoms with Crippen LogP contribution in [0.2, 0.25) is 0 Å². The highest BCUT2D eigenvalue weighted by Gasteiger charge is 1.87. The van der Waals surface area contributed by atoms with Crippen molar-refractivity contribution in [2.45, 2.75) is 0 Å². The zero-order valence-electron chi connectivity index (χ0n) is 3.59. The number of amides is 1. The first-order valence-electron chi connectivity index (χ1n) is 1.61. The van der Waals surface area contributed by atoms with E-state index in [9.17, 15) is 4.79 Å². The summed E-state index contributed by atoms with van der Waals surface area (Å²) < 4.78 is 1.42. The molecule has 7 heavy (non-hydrogen) atoms. The second-order valence-corrected chi connectivity index (χ2v) is 2.27. The van der Waals surface area contributed by atoms with E-state index in [1.165, 1.54) is 16.5 Å². The van der Waals surface area contributed by atoms with E-state index >= 15 is 0 Å². The molecule has 0 unspecified atom stereocenters. The first-order valence-corrected chi connectivity index (χ1v) is 3.13. The predicted molar refractivity (Wildman–Crippen MR) is 35.3 cm³/mol. The third-order valence-electron chi connectivity index (χ3n) is 0.294. The molecule has 4 heteroatoms. The van der Waals surface area contributed by atoms with E-state index in [0.29, 0.717) is 5.75 Å². The molecule has 0 fully saturated rings. The summed E-state index contributed by atoms with van der Waals surface area (Å²) in [5.41, 5.74) is 4.75. The highest BCUT2D eigenvalue weighted by Crippen LogP contribution is 1.90. The van der Waals surface area contributed by atoms with Crippen LogP contribution in [0.4, 0.5) is 0 Å². The average Bonchev–Trinajstić information content (AvgIpc) is 1.61. The molecule has 0 aliphatic rings. The minimum absolute atomic E-state index is 0.295. The third kappa shape index (κ3) is 5.91. The van der Waals surface area contributed by atoms with Gasteiger partial charge in [0.15, 0.2) is 0 Å². The van der Waals surface area contributed by atoms with Gasteiger partial charge in [0.2, 0.25) is 5.91 Å². The van der Waals surface area contributed by atoms with Crippen molar-refractivity contribution < 1.29 is 4.79 Å². The molecule has 0 heterocycles. The van der Waals surface area contributed by atoms with Crippen molar-refractivity contribution >= 4 is 34.6 Å². The lowest BCUT2D eigenvalue weighted by atomic mass is 10.8. The molecule has 0 saturated heterocycles. The van der Waals surface area contributed by atoms with Gasteiger partial charge < -0.3 is 5.73 Å². The van der Waals surface area contributed by atoms with Crippen LogP contribution >= 0.6 is 24.0 Å². The van der Waals surface area contributed by atoms with Crippen molar-refractivity contribution in [1.82, 2.24) is 0 Å². The van der Waals surface area contributed by atoms with Gasteiger partial charge in [0.05, 0.1) is 5.75 Å². The molecular weight excluding hydrogens is 130 g/mol. The van der Waals surface area contributed by atoms with Gasteiger partial charge in [-0.2, -0.15) is 0 Å². The van der Waals surface area contributed by atoms with Gasteiger partial charge in [-0.25, -0.2) is 0 Å². The second kappa shape index (κ2) is 4.08. The third-order valence-corrected chi connectivity index (χ3v) is 1.29. The number of thiocarbonyl (C=S) groups is 1. The lowest BCUT2D eigenvalue weighted by Crippen LogP contribution is -2.12. The van der Waals surface area contributed by atoms with E-state index in [1.807, 2.05) is 0 Å². The van der Waals surface area contributed by atoms with E-state index in [0.717, 1.165) is 0 Å². The molecule has 0 aliphatic carbocycles. The number of rotatable bonds is 3. The Morgan fingerprint density at radius 1 is 2.00 bits per heavy atom. The van der Waals surface area contributed by atoms with Gasteiger partial charge in [-0.05, 0) is 0 Å². The molecule has 0 atom stereocenters. The second-order valence-electron chi connectivity index (χ2n) is 0.874. The van der Waals surface area contributed by atoms with Gasteiger partial charge in [-0.1, -0.05) is 12.2 Å². The van der Waals surface area contributed by atoms with Crippen molar-refractivity contribution in [3.05, 3.63) is 0 Å². The number of hydrogen-bond donors (Lipinski definition) is 1. The van der Waals surface area contributed by atoms with Crippen molar-refractivity contribution in [1.29, 1.82) is 0 Å². The topological polar surface area (TPSA) is 43.1 Å². The van der Waals surface area contributed by atoms with Gasteiger partial charge >= 0.3 is 0 Å². The monoisotopic (exact) mass is 135 g/mol. The average molecular weight is 135 g/mol. The van der Waals surface area contributed by atoms with Gasteiger partial charge in [-0.15, -0.1) is 11.8 Å². The number of primary amides is 1. The van der Waals surface area contributed by atoms with E-state index in [-0.39, 0.29) is 5.91 Å². The number of nitrogens with two attached hydrogens (primary N) is 1.